The van der Waals surface area contributed by atoms with Gasteiger partial charge >= 0.3 is 0 Å². The fourth-order valence-corrected chi connectivity index (χ4v) is 3.93. The van der Waals surface area contributed by atoms with Crippen LogP contribution in [0.1, 0.15) is 12.0 Å². The number of para-hydroxylation sites is 2. The van der Waals surface area contributed by atoms with E-state index in [0.717, 1.165) is 11.8 Å². The van der Waals surface area contributed by atoms with E-state index in [2.05, 4.69) is 5.32 Å². The van der Waals surface area contributed by atoms with Gasteiger partial charge in [0, 0.05) is 23.7 Å². The largest absolute Gasteiger partial charge is 0.478 e. The van der Waals surface area contributed by atoms with E-state index in [1.165, 1.54) is 4.31 Å². The number of nitrogens with zero attached hydrogens (tertiary/aromatic N) is 1. The van der Waals surface area contributed by atoms with Crippen LogP contribution in [-0.2, 0) is 14.8 Å². The van der Waals surface area contributed by atoms with E-state index in [-0.39, 0.29) is 18.9 Å². The molecule has 0 saturated heterocycles. The summed E-state index contributed by atoms with van der Waals surface area (Å²) >= 11 is 6.09. The predicted molar refractivity (Wildman–Crippen MR) is 102 cm³/mol. The van der Waals surface area contributed by atoms with Crippen molar-refractivity contribution in [3.63, 3.8) is 0 Å². The first-order valence-corrected chi connectivity index (χ1v) is 10.3. The zero-order valence-electron chi connectivity index (χ0n) is 14.4. The van der Waals surface area contributed by atoms with E-state index in [1.54, 1.807) is 42.5 Å². The Hall–Kier alpha value is -2.25. The van der Waals surface area contributed by atoms with Crippen LogP contribution in [0.2, 0.25) is 5.02 Å². The fraction of sp³-hybridized carbons (Fsp3) is 0.278. The average Bonchev–Trinajstić information content (AvgIpc) is 2.78. The molecule has 0 radical (unpaired) electrons. The third-order valence-corrected chi connectivity index (χ3v) is 5.81. The monoisotopic (exact) mass is 394 g/mol. The molecule has 2 aromatic carbocycles. The summed E-state index contributed by atoms with van der Waals surface area (Å²) in [5.74, 6) is 0.0129. The highest BCUT2D eigenvalue weighted by molar-refractivity contribution is 7.92. The number of anilines is 2. The van der Waals surface area contributed by atoms with Gasteiger partial charge in [-0.3, -0.25) is 9.10 Å². The van der Waals surface area contributed by atoms with Crippen LogP contribution < -0.4 is 14.4 Å². The summed E-state index contributed by atoms with van der Waals surface area (Å²) in [7, 11) is -3.48. The normalized spacial score (nSPS) is 17.0. The van der Waals surface area contributed by atoms with Crippen molar-refractivity contribution in [3.05, 3.63) is 53.1 Å². The molecule has 1 amide bonds. The Morgan fingerprint density at radius 1 is 1.23 bits per heavy atom. The molecule has 6 nitrogen and oxygen atoms in total. The molecule has 2 aromatic rings. The molecule has 1 aliphatic heterocycles. The Morgan fingerprint density at radius 2 is 1.96 bits per heavy atom. The molecule has 1 aliphatic rings. The van der Waals surface area contributed by atoms with Gasteiger partial charge in [-0.25, -0.2) is 8.42 Å². The fourth-order valence-electron chi connectivity index (χ4n) is 2.82. The average molecular weight is 395 g/mol. The number of hydrogen-bond donors (Lipinski definition) is 1. The summed E-state index contributed by atoms with van der Waals surface area (Å²) in [6.07, 6.45) is 0.550. The van der Waals surface area contributed by atoms with Gasteiger partial charge in [-0.1, -0.05) is 29.8 Å². The van der Waals surface area contributed by atoms with Gasteiger partial charge in [-0.15, -0.1) is 0 Å². The van der Waals surface area contributed by atoms with Gasteiger partial charge in [-0.05, 0) is 36.8 Å². The second-order valence-electron chi connectivity index (χ2n) is 6.10. The van der Waals surface area contributed by atoms with Crippen molar-refractivity contribution in [1.29, 1.82) is 0 Å². The van der Waals surface area contributed by atoms with Crippen molar-refractivity contribution < 1.29 is 17.9 Å². The first kappa shape index (κ1) is 18.5. The number of benzene rings is 2. The van der Waals surface area contributed by atoms with E-state index in [9.17, 15) is 13.2 Å². The minimum Gasteiger partial charge on any atom is -0.478 e. The van der Waals surface area contributed by atoms with Gasteiger partial charge in [-0.2, -0.15) is 0 Å². The van der Waals surface area contributed by atoms with E-state index < -0.39 is 16.1 Å². The zero-order chi connectivity index (χ0) is 18.9. The Labute approximate surface area is 157 Å². The number of nitrogens with one attached hydrogen (secondary N) is 1. The maximum absolute atomic E-state index is 12.7. The lowest BCUT2D eigenvalue weighted by Crippen LogP contribution is -2.36. The summed E-state index contributed by atoms with van der Waals surface area (Å²) in [4.78, 5) is 12.7. The lowest BCUT2D eigenvalue weighted by molar-refractivity contribution is -0.122. The van der Waals surface area contributed by atoms with Crippen LogP contribution in [0, 0.1) is 6.92 Å². The minimum absolute atomic E-state index is 0.155. The number of fused-ring (bicyclic) bond motifs is 1. The number of halogens is 1. The van der Waals surface area contributed by atoms with Gasteiger partial charge in [0.05, 0.1) is 11.9 Å². The number of hydrogen-bond acceptors (Lipinski definition) is 4. The first-order chi connectivity index (χ1) is 12.3. The number of ether oxygens (including phenoxy) is 1. The van der Waals surface area contributed by atoms with E-state index in [0.29, 0.717) is 22.1 Å². The lowest BCUT2D eigenvalue weighted by atomic mass is 10.1. The molecular weight excluding hydrogens is 376 g/mol. The summed E-state index contributed by atoms with van der Waals surface area (Å²) in [5, 5.41) is 3.37. The van der Waals surface area contributed by atoms with Crippen LogP contribution >= 0.6 is 11.6 Å². The highest BCUT2D eigenvalue weighted by Gasteiger charge is 2.31. The molecule has 1 atom stereocenters. The molecule has 0 bridgehead atoms. The zero-order valence-corrected chi connectivity index (χ0v) is 16.0. The molecular formula is C18H19ClN2O4S. The Bertz CT molecular complexity index is 946. The number of carbonyl (C=O) groups excluding carboxylic acids is 1. The van der Waals surface area contributed by atoms with Gasteiger partial charge in [0.15, 0.2) is 6.10 Å². The third-order valence-electron chi connectivity index (χ3n) is 4.22. The molecule has 138 valence electrons. The van der Waals surface area contributed by atoms with Crippen molar-refractivity contribution in [2.24, 2.45) is 0 Å². The number of carbonyl (C=O) groups is 1. The molecule has 1 heterocycles. The smallest absolute Gasteiger partial charge is 0.265 e. The molecule has 1 N–H and O–H groups in total. The SMILES string of the molecule is Cc1c(Cl)cccc1NC(=O)C1CCN(S(C)(=O)=O)c2ccccc2O1. The molecule has 0 aromatic heterocycles. The number of rotatable bonds is 3. The van der Waals surface area contributed by atoms with Crippen LogP contribution in [0.3, 0.4) is 0 Å². The Balaban J connectivity index is 1.87. The standard InChI is InChI=1S/C18H19ClN2O4S/c1-12-13(19)6-5-7-14(12)20-18(22)17-10-11-21(26(2,23)24)15-8-3-4-9-16(15)25-17/h3-9,17H,10-11H2,1-2H3,(H,20,22). The molecule has 3 rings (SSSR count). The van der Waals surface area contributed by atoms with E-state index in [1.807, 2.05) is 6.92 Å². The maximum Gasteiger partial charge on any atom is 0.265 e. The second kappa shape index (κ2) is 7.17. The van der Waals surface area contributed by atoms with Crippen molar-refractivity contribution in [3.8, 4) is 5.75 Å². The van der Waals surface area contributed by atoms with Crippen LogP contribution in [-0.4, -0.2) is 33.2 Å². The summed E-state index contributed by atoms with van der Waals surface area (Å²) in [5.41, 5.74) is 1.79. The van der Waals surface area contributed by atoms with Gasteiger partial charge < -0.3 is 10.1 Å². The van der Waals surface area contributed by atoms with E-state index in [4.69, 9.17) is 16.3 Å². The molecule has 8 heteroatoms. The van der Waals surface area contributed by atoms with Crippen LogP contribution in [0.4, 0.5) is 11.4 Å². The highest BCUT2D eigenvalue weighted by atomic mass is 35.5. The summed E-state index contributed by atoms with van der Waals surface area (Å²) in [6.45, 7) is 1.97. The van der Waals surface area contributed by atoms with Crippen LogP contribution in [0.15, 0.2) is 42.5 Å². The Kier molecular flexibility index (Phi) is 5.11. The van der Waals surface area contributed by atoms with Gasteiger partial charge in [0.1, 0.15) is 5.75 Å². The van der Waals surface area contributed by atoms with Crippen LogP contribution in [0.5, 0.6) is 5.75 Å². The van der Waals surface area contributed by atoms with Crippen molar-refractivity contribution >= 4 is 38.9 Å². The predicted octanol–water partition coefficient (Wildman–Crippen LogP) is 3.20. The minimum atomic E-state index is -3.48. The third kappa shape index (κ3) is 3.78. The molecule has 0 spiro atoms. The lowest BCUT2D eigenvalue weighted by Gasteiger charge is -2.20. The van der Waals surface area contributed by atoms with Gasteiger partial charge in [0.25, 0.3) is 5.91 Å². The summed E-state index contributed by atoms with van der Waals surface area (Å²) in [6, 6.07) is 12.0. The molecule has 0 aliphatic carbocycles. The highest BCUT2D eigenvalue weighted by Crippen LogP contribution is 2.34. The van der Waals surface area contributed by atoms with Crippen molar-refractivity contribution in [1.82, 2.24) is 0 Å². The Morgan fingerprint density at radius 3 is 2.69 bits per heavy atom. The molecule has 0 fully saturated rings. The molecule has 26 heavy (non-hydrogen) atoms. The number of sulfonamides is 1. The van der Waals surface area contributed by atoms with Crippen molar-refractivity contribution in [2.75, 3.05) is 22.4 Å². The van der Waals surface area contributed by atoms with Crippen molar-refractivity contribution in [2.45, 2.75) is 19.4 Å². The maximum atomic E-state index is 12.7. The second-order valence-corrected chi connectivity index (χ2v) is 8.41. The first-order valence-electron chi connectivity index (χ1n) is 8.07. The summed E-state index contributed by atoms with van der Waals surface area (Å²) < 4.78 is 31.3. The molecule has 1 unspecified atom stereocenters. The quantitative estimate of drug-likeness (QED) is 0.867. The van der Waals surface area contributed by atoms with Crippen LogP contribution in [0.25, 0.3) is 0 Å². The van der Waals surface area contributed by atoms with Gasteiger partial charge in [0.2, 0.25) is 10.0 Å². The molecule has 0 saturated carbocycles. The van der Waals surface area contributed by atoms with E-state index >= 15 is 0 Å². The topological polar surface area (TPSA) is 75.7 Å². The number of amides is 1.